The Hall–Kier alpha value is -1.69. The highest BCUT2D eigenvalue weighted by molar-refractivity contribution is 5.62. The second-order valence-electron chi connectivity index (χ2n) is 5.45. The molecule has 112 valence electrons. The van der Waals surface area contributed by atoms with Crippen LogP contribution in [0.5, 0.6) is 0 Å². The van der Waals surface area contributed by atoms with Gasteiger partial charge in [-0.3, -0.25) is 10.00 Å². The molecule has 1 saturated heterocycles. The molecule has 2 heterocycles. The van der Waals surface area contributed by atoms with E-state index in [1.54, 1.807) is 0 Å². The third kappa shape index (κ3) is 3.91. The van der Waals surface area contributed by atoms with Gasteiger partial charge in [0.2, 0.25) is 0 Å². The average Bonchev–Trinajstić information content (AvgIpc) is 3.02. The molecule has 2 aromatic rings. The van der Waals surface area contributed by atoms with Crippen LogP contribution < -0.4 is 0 Å². The first-order chi connectivity index (χ1) is 10.3. The van der Waals surface area contributed by atoms with Crippen molar-refractivity contribution in [2.24, 2.45) is 0 Å². The zero-order valence-electron chi connectivity index (χ0n) is 12.3. The minimum Gasteiger partial charge on any atom is -0.376 e. The van der Waals surface area contributed by atoms with Crippen LogP contribution in [0.1, 0.15) is 5.56 Å². The van der Waals surface area contributed by atoms with E-state index < -0.39 is 0 Å². The molecule has 0 aliphatic carbocycles. The van der Waals surface area contributed by atoms with Gasteiger partial charge < -0.3 is 9.47 Å². The summed E-state index contributed by atoms with van der Waals surface area (Å²) in [5, 5.41) is 6.85. The van der Waals surface area contributed by atoms with Crippen LogP contribution in [0.25, 0.3) is 11.1 Å². The van der Waals surface area contributed by atoms with Gasteiger partial charge in [0.25, 0.3) is 0 Å². The number of hydrogen-bond acceptors (Lipinski definition) is 4. The summed E-state index contributed by atoms with van der Waals surface area (Å²) in [6, 6.07) is 8.55. The van der Waals surface area contributed by atoms with E-state index in [1.807, 2.05) is 12.4 Å². The molecule has 1 aliphatic heterocycles. The Kier molecular flexibility index (Phi) is 4.65. The quantitative estimate of drug-likeness (QED) is 0.913. The molecule has 1 fully saturated rings. The first kappa shape index (κ1) is 14.3. The maximum Gasteiger partial charge on any atom is 0.0936 e. The fraction of sp³-hybridized carbons (Fsp3) is 0.438. The number of ether oxygens (including phenoxy) is 2. The van der Waals surface area contributed by atoms with Crippen molar-refractivity contribution in [3.8, 4) is 11.1 Å². The molecule has 1 atom stereocenters. The van der Waals surface area contributed by atoms with Crippen molar-refractivity contribution in [2.45, 2.75) is 12.6 Å². The fourth-order valence-corrected chi connectivity index (χ4v) is 2.62. The molecule has 21 heavy (non-hydrogen) atoms. The number of nitrogens with zero attached hydrogens (tertiary/aromatic N) is 2. The van der Waals surface area contributed by atoms with Crippen LogP contribution in [0.3, 0.4) is 0 Å². The Morgan fingerprint density at radius 2 is 2.29 bits per heavy atom. The maximum atomic E-state index is 5.69. The van der Waals surface area contributed by atoms with Crippen molar-refractivity contribution >= 4 is 0 Å². The Bertz CT molecular complexity index is 550. The maximum absolute atomic E-state index is 5.69. The third-order valence-electron chi connectivity index (χ3n) is 3.61. The normalized spacial score (nSPS) is 19.0. The minimum absolute atomic E-state index is 0.181. The molecule has 0 spiro atoms. The van der Waals surface area contributed by atoms with Crippen molar-refractivity contribution in [2.75, 3.05) is 33.4 Å². The van der Waals surface area contributed by atoms with Crippen LogP contribution >= 0.6 is 0 Å². The number of benzene rings is 1. The van der Waals surface area contributed by atoms with Crippen LogP contribution in [0.2, 0.25) is 0 Å². The van der Waals surface area contributed by atoms with Crippen LogP contribution in [0.4, 0.5) is 0 Å². The van der Waals surface area contributed by atoms with Crippen LogP contribution in [-0.4, -0.2) is 54.6 Å². The molecule has 1 aromatic carbocycles. The molecule has 5 nitrogen and oxygen atoms in total. The standard InChI is InChI=1S/C16H21N3O2/c1-19(11-16-12-20-5-6-21-16)10-13-3-2-4-14(7-13)15-8-17-18-9-15/h2-4,7-9,16H,5-6,10-12H2,1H3,(H,17,18)/t16-/m1/s1. The molecule has 0 bridgehead atoms. The van der Waals surface area contributed by atoms with Crippen molar-refractivity contribution in [1.82, 2.24) is 15.1 Å². The minimum atomic E-state index is 0.181. The van der Waals surface area contributed by atoms with E-state index in [9.17, 15) is 0 Å². The highest BCUT2D eigenvalue weighted by atomic mass is 16.6. The Labute approximate surface area is 124 Å². The van der Waals surface area contributed by atoms with Gasteiger partial charge in [0.05, 0.1) is 32.1 Å². The van der Waals surface area contributed by atoms with E-state index in [1.165, 1.54) is 11.1 Å². The van der Waals surface area contributed by atoms with E-state index in [0.29, 0.717) is 19.8 Å². The summed E-state index contributed by atoms with van der Waals surface area (Å²) in [6.45, 7) is 3.89. The Morgan fingerprint density at radius 3 is 3.05 bits per heavy atom. The molecule has 1 N–H and O–H groups in total. The summed E-state index contributed by atoms with van der Waals surface area (Å²) in [7, 11) is 2.11. The van der Waals surface area contributed by atoms with Gasteiger partial charge in [-0.2, -0.15) is 5.10 Å². The summed E-state index contributed by atoms with van der Waals surface area (Å²) < 4.78 is 11.1. The lowest BCUT2D eigenvalue weighted by molar-refractivity contribution is -0.0962. The highest BCUT2D eigenvalue weighted by Gasteiger charge is 2.16. The lowest BCUT2D eigenvalue weighted by Crippen LogP contribution is -2.38. The topological polar surface area (TPSA) is 50.4 Å². The summed E-state index contributed by atoms with van der Waals surface area (Å²) >= 11 is 0. The number of nitrogens with one attached hydrogen (secondary N) is 1. The summed E-state index contributed by atoms with van der Waals surface area (Å²) in [6.07, 6.45) is 3.94. The van der Waals surface area contributed by atoms with Crippen molar-refractivity contribution in [1.29, 1.82) is 0 Å². The van der Waals surface area contributed by atoms with Crippen molar-refractivity contribution in [3.63, 3.8) is 0 Å². The fourth-order valence-electron chi connectivity index (χ4n) is 2.62. The molecular formula is C16H21N3O2. The second-order valence-corrected chi connectivity index (χ2v) is 5.45. The van der Waals surface area contributed by atoms with Gasteiger partial charge in [-0.05, 0) is 24.2 Å². The largest absolute Gasteiger partial charge is 0.376 e. The van der Waals surface area contributed by atoms with Gasteiger partial charge in [-0.25, -0.2) is 0 Å². The zero-order chi connectivity index (χ0) is 14.5. The number of H-pyrrole nitrogens is 1. The molecule has 1 aromatic heterocycles. The van der Waals surface area contributed by atoms with Crippen LogP contribution in [-0.2, 0) is 16.0 Å². The molecule has 0 radical (unpaired) electrons. The Balaban J connectivity index is 1.60. The van der Waals surface area contributed by atoms with Gasteiger partial charge in [-0.15, -0.1) is 0 Å². The van der Waals surface area contributed by atoms with E-state index >= 15 is 0 Å². The molecule has 5 heteroatoms. The SMILES string of the molecule is CN(Cc1cccc(-c2cn[nH]c2)c1)C[C@@H]1COCCO1. The number of aromatic nitrogens is 2. The molecular weight excluding hydrogens is 266 g/mol. The first-order valence-corrected chi connectivity index (χ1v) is 7.27. The summed E-state index contributed by atoms with van der Waals surface area (Å²) in [5.41, 5.74) is 3.59. The van der Waals surface area contributed by atoms with Gasteiger partial charge in [0.15, 0.2) is 0 Å². The lowest BCUT2D eigenvalue weighted by Gasteiger charge is -2.27. The first-order valence-electron chi connectivity index (χ1n) is 7.27. The van der Waals surface area contributed by atoms with Gasteiger partial charge in [-0.1, -0.05) is 18.2 Å². The smallest absolute Gasteiger partial charge is 0.0936 e. The van der Waals surface area contributed by atoms with Gasteiger partial charge in [0, 0.05) is 24.8 Å². The van der Waals surface area contributed by atoms with E-state index in [4.69, 9.17) is 9.47 Å². The van der Waals surface area contributed by atoms with Gasteiger partial charge in [0.1, 0.15) is 0 Å². The molecule has 1 aliphatic rings. The Morgan fingerprint density at radius 1 is 1.33 bits per heavy atom. The second kappa shape index (κ2) is 6.85. The third-order valence-corrected chi connectivity index (χ3v) is 3.61. The predicted molar refractivity (Wildman–Crippen MR) is 80.9 cm³/mol. The number of rotatable bonds is 5. The van der Waals surface area contributed by atoms with Crippen molar-refractivity contribution < 1.29 is 9.47 Å². The van der Waals surface area contributed by atoms with Crippen LogP contribution in [0.15, 0.2) is 36.7 Å². The van der Waals surface area contributed by atoms with Crippen molar-refractivity contribution in [3.05, 3.63) is 42.2 Å². The van der Waals surface area contributed by atoms with E-state index in [0.717, 1.165) is 18.7 Å². The molecule has 0 saturated carbocycles. The predicted octanol–water partition coefficient (Wildman–Crippen LogP) is 1.92. The summed E-state index contributed by atoms with van der Waals surface area (Å²) in [5.74, 6) is 0. The van der Waals surface area contributed by atoms with E-state index in [2.05, 4.69) is 46.4 Å². The number of hydrogen-bond donors (Lipinski definition) is 1. The number of likely N-dealkylation sites (N-methyl/N-ethyl adjacent to an activating group) is 1. The lowest BCUT2D eigenvalue weighted by atomic mass is 10.1. The molecule has 0 amide bonds. The molecule has 0 unspecified atom stereocenters. The zero-order valence-corrected chi connectivity index (χ0v) is 12.3. The van der Waals surface area contributed by atoms with Gasteiger partial charge >= 0.3 is 0 Å². The van der Waals surface area contributed by atoms with Crippen LogP contribution in [0, 0.1) is 0 Å². The monoisotopic (exact) mass is 287 g/mol. The molecule has 3 rings (SSSR count). The average molecular weight is 287 g/mol. The summed E-state index contributed by atoms with van der Waals surface area (Å²) in [4.78, 5) is 2.27. The van der Waals surface area contributed by atoms with E-state index in [-0.39, 0.29) is 6.10 Å². The highest BCUT2D eigenvalue weighted by Crippen LogP contribution is 2.19. The number of aromatic amines is 1.